The van der Waals surface area contributed by atoms with Crippen LogP contribution in [0.2, 0.25) is 0 Å². The van der Waals surface area contributed by atoms with Gasteiger partial charge in [-0.25, -0.2) is 9.89 Å². The number of methoxy groups -OCH3 is 3. The minimum atomic E-state index is -0.301. The molecule has 0 spiro atoms. The third-order valence-electron chi connectivity index (χ3n) is 3.49. The van der Waals surface area contributed by atoms with E-state index in [0.717, 1.165) is 0 Å². The average Bonchev–Trinajstić information content (AvgIpc) is 2.99. The second-order valence-corrected chi connectivity index (χ2v) is 6.03. The number of nitrogens with zero attached hydrogens (tertiary/aromatic N) is 2. The molecule has 0 aliphatic carbocycles. The van der Waals surface area contributed by atoms with E-state index >= 15 is 0 Å². The van der Waals surface area contributed by atoms with Gasteiger partial charge in [-0.3, -0.25) is 9.36 Å². The molecule has 1 heterocycles. The van der Waals surface area contributed by atoms with Crippen molar-refractivity contribution in [2.75, 3.05) is 33.7 Å². The van der Waals surface area contributed by atoms with Crippen molar-refractivity contribution < 1.29 is 19.0 Å². The van der Waals surface area contributed by atoms with Gasteiger partial charge >= 0.3 is 5.69 Å². The quantitative estimate of drug-likeness (QED) is 0.387. The van der Waals surface area contributed by atoms with Crippen LogP contribution in [0.5, 0.6) is 11.5 Å². The second-order valence-electron chi connectivity index (χ2n) is 5.09. The molecule has 2 aromatic rings. The topological polar surface area (TPSA) is 95.4 Å². The monoisotopic (exact) mass is 367 g/mol. The van der Waals surface area contributed by atoms with E-state index in [-0.39, 0.29) is 17.2 Å². The number of rotatable bonds is 10. The van der Waals surface area contributed by atoms with Gasteiger partial charge in [0.05, 0.1) is 25.5 Å². The van der Waals surface area contributed by atoms with Gasteiger partial charge in [0.1, 0.15) is 11.5 Å². The molecule has 0 bridgehead atoms. The Hall–Kier alpha value is -2.26. The van der Waals surface area contributed by atoms with Gasteiger partial charge in [-0.1, -0.05) is 11.8 Å². The Kier molecular flexibility index (Phi) is 7.08. The third kappa shape index (κ3) is 4.86. The highest BCUT2D eigenvalue weighted by atomic mass is 32.2. The lowest BCUT2D eigenvalue weighted by Gasteiger charge is -2.09. The second kappa shape index (κ2) is 9.28. The maximum absolute atomic E-state index is 12.5. The zero-order chi connectivity index (χ0) is 18.2. The van der Waals surface area contributed by atoms with E-state index < -0.39 is 0 Å². The Morgan fingerprint density at radius 2 is 2.08 bits per heavy atom. The molecule has 0 amide bonds. The molecule has 1 aromatic carbocycles. The van der Waals surface area contributed by atoms with Gasteiger partial charge in [0.25, 0.3) is 0 Å². The van der Waals surface area contributed by atoms with Crippen LogP contribution in [0.15, 0.2) is 28.2 Å². The molecule has 0 saturated carbocycles. The van der Waals surface area contributed by atoms with Gasteiger partial charge in [-0.05, 0) is 24.6 Å². The number of hydrogen-bond acceptors (Lipinski definition) is 7. The lowest BCUT2D eigenvalue weighted by Crippen LogP contribution is -2.18. The van der Waals surface area contributed by atoms with Gasteiger partial charge in [0, 0.05) is 20.3 Å². The van der Waals surface area contributed by atoms with Crippen LogP contribution in [0.25, 0.3) is 0 Å². The van der Waals surface area contributed by atoms with Crippen LogP contribution >= 0.6 is 11.8 Å². The van der Waals surface area contributed by atoms with Crippen molar-refractivity contribution >= 4 is 17.5 Å². The van der Waals surface area contributed by atoms with Crippen molar-refractivity contribution in [2.24, 2.45) is 0 Å². The van der Waals surface area contributed by atoms with Crippen molar-refractivity contribution in [3.63, 3.8) is 0 Å². The Bertz CT molecular complexity index is 771. The molecule has 25 heavy (non-hydrogen) atoms. The SMILES string of the molecule is COCCCn1c(SCC(=O)c2cc(OC)ccc2OC)n[nH]c1=O. The molecule has 8 nitrogen and oxygen atoms in total. The van der Waals surface area contributed by atoms with E-state index in [1.165, 1.54) is 30.5 Å². The smallest absolute Gasteiger partial charge is 0.343 e. The molecular formula is C16H21N3O5S. The van der Waals surface area contributed by atoms with E-state index in [1.54, 1.807) is 25.3 Å². The summed E-state index contributed by atoms with van der Waals surface area (Å²) in [5.41, 5.74) is 0.128. The first-order valence-electron chi connectivity index (χ1n) is 7.62. The first-order chi connectivity index (χ1) is 12.1. The Labute approximate surface area is 149 Å². The van der Waals surface area contributed by atoms with Crippen molar-refractivity contribution in [3.8, 4) is 11.5 Å². The van der Waals surface area contributed by atoms with Crippen molar-refractivity contribution in [2.45, 2.75) is 18.1 Å². The Morgan fingerprint density at radius 1 is 1.28 bits per heavy atom. The summed E-state index contributed by atoms with van der Waals surface area (Å²) >= 11 is 1.20. The molecule has 0 aliphatic heterocycles. The zero-order valence-electron chi connectivity index (χ0n) is 14.4. The van der Waals surface area contributed by atoms with Gasteiger partial charge in [-0.15, -0.1) is 5.10 Å². The third-order valence-corrected chi connectivity index (χ3v) is 4.47. The van der Waals surface area contributed by atoms with E-state index in [1.807, 2.05) is 0 Å². The minimum Gasteiger partial charge on any atom is -0.497 e. The maximum atomic E-state index is 12.5. The summed E-state index contributed by atoms with van der Waals surface area (Å²) in [7, 11) is 4.65. The number of benzene rings is 1. The molecule has 9 heteroatoms. The summed E-state index contributed by atoms with van der Waals surface area (Å²) in [4.78, 5) is 24.3. The van der Waals surface area contributed by atoms with Crippen LogP contribution in [-0.4, -0.2) is 54.2 Å². The fraction of sp³-hybridized carbons (Fsp3) is 0.438. The fourth-order valence-corrected chi connectivity index (χ4v) is 3.07. The van der Waals surface area contributed by atoms with Crippen LogP contribution in [0.3, 0.4) is 0 Å². The molecule has 1 aromatic heterocycles. The summed E-state index contributed by atoms with van der Waals surface area (Å²) in [5, 5.41) is 6.85. The highest BCUT2D eigenvalue weighted by Gasteiger charge is 2.16. The number of hydrogen-bond donors (Lipinski definition) is 1. The predicted octanol–water partition coefficient (Wildman–Crippen LogP) is 1.60. The molecule has 0 radical (unpaired) electrons. The minimum absolute atomic E-state index is 0.123. The summed E-state index contributed by atoms with van der Waals surface area (Å²) in [6, 6.07) is 5.05. The zero-order valence-corrected chi connectivity index (χ0v) is 15.2. The van der Waals surface area contributed by atoms with Crippen molar-refractivity contribution in [1.82, 2.24) is 14.8 Å². The van der Waals surface area contributed by atoms with Crippen LogP contribution in [0, 0.1) is 0 Å². The number of aromatic amines is 1. The Balaban J connectivity index is 2.09. The molecular weight excluding hydrogens is 346 g/mol. The number of carbonyl (C=O) groups excluding carboxylic acids is 1. The number of thioether (sulfide) groups is 1. The highest BCUT2D eigenvalue weighted by Crippen LogP contribution is 2.26. The summed E-state index contributed by atoms with van der Waals surface area (Å²) in [6.45, 7) is 1.02. The van der Waals surface area contributed by atoms with Crippen LogP contribution in [-0.2, 0) is 11.3 Å². The molecule has 0 fully saturated rings. The number of ketones is 1. The average molecular weight is 367 g/mol. The van der Waals surface area contributed by atoms with Gasteiger partial charge < -0.3 is 14.2 Å². The maximum Gasteiger partial charge on any atom is 0.343 e. The lowest BCUT2D eigenvalue weighted by molar-refractivity contribution is 0.101. The molecule has 1 N–H and O–H groups in total. The van der Waals surface area contributed by atoms with Gasteiger partial charge in [0.2, 0.25) is 0 Å². The van der Waals surface area contributed by atoms with Crippen LogP contribution in [0.4, 0.5) is 0 Å². The molecule has 0 unspecified atom stereocenters. The van der Waals surface area contributed by atoms with Gasteiger partial charge in [0.15, 0.2) is 10.9 Å². The fourth-order valence-electron chi connectivity index (χ4n) is 2.22. The number of nitrogens with one attached hydrogen (secondary N) is 1. The number of Topliss-reactive ketones (excluding diaryl/α,β-unsaturated/α-hetero) is 1. The van der Waals surface area contributed by atoms with Crippen molar-refractivity contribution in [1.29, 1.82) is 0 Å². The number of carbonyl (C=O) groups is 1. The normalized spacial score (nSPS) is 10.7. The molecule has 0 saturated heterocycles. The van der Waals surface area contributed by atoms with Crippen molar-refractivity contribution in [3.05, 3.63) is 34.2 Å². The molecule has 0 aliphatic rings. The first-order valence-corrected chi connectivity index (χ1v) is 8.61. The molecule has 136 valence electrons. The number of ether oxygens (including phenoxy) is 3. The van der Waals surface area contributed by atoms with Crippen LogP contribution < -0.4 is 15.2 Å². The molecule has 2 rings (SSSR count). The Morgan fingerprint density at radius 3 is 2.76 bits per heavy atom. The first kappa shape index (κ1) is 19.1. The lowest BCUT2D eigenvalue weighted by atomic mass is 10.1. The largest absolute Gasteiger partial charge is 0.497 e. The summed E-state index contributed by atoms with van der Waals surface area (Å²) in [5.74, 6) is 1.04. The van der Waals surface area contributed by atoms with E-state index in [9.17, 15) is 9.59 Å². The molecule has 0 atom stereocenters. The van der Waals surface area contributed by atoms with Gasteiger partial charge in [-0.2, -0.15) is 0 Å². The van der Waals surface area contributed by atoms with Crippen LogP contribution in [0.1, 0.15) is 16.8 Å². The number of aromatic nitrogens is 3. The highest BCUT2D eigenvalue weighted by molar-refractivity contribution is 7.99. The summed E-state index contributed by atoms with van der Waals surface area (Å²) < 4.78 is 16.9. The predicted molar refractivity (Wildman–Crippen MR) is 93.9 cm³/mol. The summed E-state index contributed by atoms with van der Waals surface area (Å²) in [6.07, 6.45) is 0.682. The van der Waals surface area contributed by atoms with E-state index in [0.29, 0.717) is 41.8 Å². The standard InChI is InChI=1S/C16H21N3O5S/c1-22-8-4-7-19-15(21)17-18-16(19)25-10-13(20)12-9-11(23-2)5-6-14(12)24-3/h5-6,9H,4,7-8,10H2,1-3H3,(H,17,21). The number of H-pyrrole nitrogens is 1. The van der Waals surface area contributed by atoms with E-state index in [2.05, 4.69) is 10.2 Å². The van der Waals surface area contributed by atoms with E-state index in [4.69, 9.17) is 14.2 Å².